The van der Waals surface area contributed by atoms with Crippen LogP contribution in [0, 0.1) is 0 Å². The van der Waals surface area contributed by atoms with Gasteiger partial charge in [-0.2, -0.15) is 0 Å². The maximum atomic E-state index is 12.7. The quantitative estimate of drug-likeness (QED) is 0.386. The number of benzene rings is 1. The zero-order valence-corrected chi connectivity index (χ0v) is 18.5. The van der Waals surface area contributed by atoms with Crippen LogP contribution in [0.1, 0.15) is 56.2 Å². The van der Waals surface area contributed by atoms with Crippen molar-refractivity contribution < 1.29 is 33.7 Å². The molecule has 166 valence electrons. The van der Waals surface area contributed by atoms with Gasteiger partial charge in [0.15, 0.2) is 16.6 Å². The van der Waals surface area contributed by atoms with E-state index in [9.17, 15) is 14.7 Å². The molecule has 0 amide bonds. The fourth-order valence-corrected chi connectivity index (χ4v) is 3.26. The topological polar surface area (TPSA) is 143 Å². The van der Waals surface area contributed by atoms with Crippen LogP contribution >= 0.6 is 11.3 Å². The van der Waals surface area contributed by atoms with Gasteiger partial charge in [-0.15, -0.1) is 11.3 Å². The van der Waals surface area contributed by atoms with Crippen LogP contribution in [0.3, 0.4) is 0 Å². The number of carboxylic acids is 1. The Balaban J connectivity index is 1.90. The minimum absolute atomic E-state index is 0.0785. The second-order valence-electron chi connectivity index (χ2n) is 8.15. The van der Waals surface area contributed by atoms with Gasteiger partial charge in [0.2, 0.25) is 11.5 Å². The Morgan fingerprint density at radius 3 is 2.45 bits per heavy atom. The van der Waals surface area contributed by atoms with Gasteiger partial charge in [-0.05, 0) is 32.9 Å². The van der Waals surface area contributed by atoms with Gasteiger partial charge in [0.25, 0.3) is 0 Å². The number of aromatic nitrogens is 1. The van der Waals surface area contributed by atoms with E-state index in [1.165, 1.54) is 11.4 Å². The van der Waals surface area contributed by atoms with Crippen LogP contribution in [-0.4, -0.2) is 39.1 Å². The molecular formula is C20H23N3O7S. The summed E-state index contributed by atoms with van der Waals surface area (Å²) in [6.07, 6.45) is 0. The monoisotopic (exact) mass is 449 g/mol. The highest BCUT2D eigenvalue weighted by Crippen LogP contribution is 2.41. The van der Waals surface area contributed by atoms with E-state index in [0.29, 0.717) is 17.1 Å². The molecule has 1 aromatic carbocycles. The van der Waals surface area contributed by atoms with Crippen molar-refractivity contribution in [2.75, 3.05) is 5.73 Å². The highest BCUT2D eigenvalue weighted by Gasteiger charge is 2.34. The van der Waals surface area contributed by atoms with Gasteiger partial charge in [0, 0.05) is 24.8 Å². The van der Waals surface area contributed by atoms with Gasteiger partial charge in [-0.25, -0.2) is 14.6 Å². The van der Waals surface area contributed by atoms with E-state index in [2.05, 4.69) is 10.1 Å². The predicted molar refractivity (Wildman–Crippen MR) is 112 cm³/mol. The second-order valence-corrected chi connectivity index (χ2v) is 9.04. The smallest absolute Gasteiger partial charge is 0.360 e. The zero-order chi connectivity index (χ0) is 23.0. The molecule has 3 rings (SSSR count). The summed E-state index contributed by atoms with van der Waals surface area (Å²) < 4.78 is 16.9. The lowest BCUT2D eigenvalue weighted by Crippen LogP contribution is -2.29. The van der Waals surface area contributed by atoms with E-state index >= 15 is 0 Å². The molecule has 0 saturated heterocycles. The molecule has 0 unspecified atom stereocenters. The molecule has 10 nitrogen and oxygen atoms in total. The van der Waals surface area contributed by atoms with Crippen molar-refractivity contribution in [1.82, 2.24) is 4.98 Å². The Morgan fingerprint density at radius 1 is 1.26 bits per heavy atom. The molecule has 3 N–H and O–H groups in total. The Bertz CT molecular complexity index is 1050. The fourth-order valence-electron chi connectivity index (χ4n) is 2.71. The number of nitrogens with two attached hydrogens (primary N) is 1. The Kier molecular flexibility index (Phi) is 5.81. The maximum Gasteiger partial charge on any atom is 0.360 e. The molecule has 1 aliphatic rings. The highest BCUT2D eigenvalue weighted by molar-refractivity contribution is 7.13. The van der Waals surface area contributed by atoms with Gasteiger partial charge >= 0.3 is 11.9 Å². The van der Waals surface area contributed by atoms with Crippen LogP contribution in [0.4, 0.5) is 5.13 Å². The number of thiazole rings is 1. The molecule has 0 fully saturated rings. The largest absolute Gasteiger partial charge is 0.476 e. The molecule has 2 heterocycles. The van der Waals surface area contributed by atoms with Gasteiger partial charge < -0.3 is 29.9 Å². The number of carboxylic acid groups (broad SMARTS) is 1. The van der Waals surface area contributed by atoms with E-state index < -0.39 is 29.0 Å². The molecular weight excluding hydrogens is 426 g/mol. The summed E-state index contributed by atoms with van der Waals surface area (Å²) in [4.78, 5) is 33.4. The van der Waals surface area contributed by atoms with E-state index in [1.807, 2.05) is 0 Å². The molecule has 1 aromatic heterocycles. The molecule has 0 bridgehead atoms. The first-order chi connectivity index (χ1) is 14.3. The minimum atomic E-state index is -1.33. The number of nitrogen functional groups attached to an aromatic ring is 1. The molecule has 0 aliphatic carbocycles. The average molecular weight is 449 g/mol. The molecule has 1 aliphatic heterocycles. The highest BCUT2D eigenvalue weighted by atomic mass is 32.1. The molecule has 0 saturated carbocycles. The number of oxime groups is 1. The van der Waals surface area contributed by atoms with Crippen molar-refractivity contribution in [3.63, 3.8) is 0 Å². The van der Waals surface area contributed by atoms with Gasteiger partial charge in [0.1, 0.15) is 17.9 Å². The van der Waals surface area contributed by atoms with E-state index in [1.54, 1.807) is 40.7 Å². The number of nitrogens with zero attached hydrogens (tertiary/aromatic N) is 2. The first-order valence-electron chi connectivity index (χ1n) is 9.27. The van der Waals surface area contributed by atoms with Crippen molar-refractivity contribution in [2.45, 2.75) is 52.6 Å². The molecule has 11 heteroatoms. The van der Waals surface area contributed by atoms with Crippen LogP contribution in [0.2, 0.25) is 0 Å². The number of carbonyl (C=O) groups excluding carboxylic acids is 1. The molecule has 31 heavy (non-hydrogen) atoms. The molecule has 0 radical (unpaired) electrons. The van der Waals surface area contributed by atoms with Crippen LogP contribution in [0.5, 0.6) is 11.5 Å². The van der Waals surface area contributed by atoms with Gasteiger partial charge in [0.05, 0.1) is 5.56 Å². The standard InChI is InChI=1S/C20H23N3O7S/c1-19(2,3)30-17(26)11-7-14-13(28-20(4,5)29-14)6-10(11)8-27-23-15(16(24)25)12-9-31-18(21)22-12/h6-7,9H,8H2,1-5H3,(H2,21,22)(H,24,25)/b23-15-. The van der Waals surface area contributed by atoms with E-state index in [4.69, 9.17) is 24.8 Å². The number of hydrogen-bond acceptors (Lipinski definition) is 10. The number of hydrogen-bond donors (Lipinski definition) is 2. The molecule has 2 aromatic rings. The summed E-state index contributed by atoms with van der Waals surface area (Å²) in [6, 6.07) is 3.10. The van der Waals surface area contributed by atoms with Crippen LogP contribution in [0.25, 0.3) is 0 Å². The third kappa shape index (κ3) is 5.43. The average Bonchev–Trinajstić information content (AvgIpc) is 3.16. The summed E-state index contributed by atoms with van der Waals surface area (Å²) in [5, 5.41) is 14.7. The summed E-state index contributed by atoms with van der Waals surface area (Å²) in [7, 11) is 0. The summed E-state index contributed by atoms with van der Waals surface area (Å²) in [5.74, 6) is -2.00. The summed E-state index contributed by atoms with van der Waals surface area (Å²) in [6.45, 7) is 8.50. The lowest BCUT2D eigenvalue weighted by atomic mass is 10.1. The van der Waals surface area contributed by atoms with Crippen molar-refractivity contribution in [3.8, 4) is 11.5 Å². The first-order valence-corrected chi connectivity index (χ1v) is 10.2. The van der Waals surface area contributed by atoms with E-state index in [-0.39, 0.29) is 23.0 Å². The summed E-state index contributed by atoms with van der Waals surface area (Å²) in [5.41, 5.74) is 5.09. The van der Waals surface area contributed by atoms with Crippen molar-refractivity contribution >= 4 is 34.1 Å². The maximum absolute atomic E-state index is 12.7. The normalized spacial score (nSPS) is 14.9. The number of carbonyl (C=O) groups is 2. The van der Waals surface area contributed by atoms with Crippen LogP contribution in [0.15, 0.2) is 22.7 Å². The molecule has 0 spiro atoms. The number of esters is 1. The SMILES string of the molecule is CC(C)(C)OC(=O)c1cc2c(cc1CO/N=C(\C(=O)O)c1csc(N)n1)OC(C)(C)O2. The zero-order valence-electron chi connectivity index (χ0n) is 17.7. The third-order valence-corrected chi connectivity index (χ3v) is 4.52. The van der Waals surface area contributed by atoms with Gasteiger partial charge in [-0.1, -0.05) is 5.16 Å². The van der Waals surface area contributed by atoms with Crippen LogP contribution < -0.4 is 15.2 Å². The first kappa shape index (κ1) is 22.3. The predicted octanol–water partition coefficient (Wildman–Crippen LogP) is 3.19. The summed E-state index contributed by atoms with van der Waals surface area (Å²) >= 11 is 1.08. The Labute approximate surface area is 182 Å². The number of ether oxygens (including phenoxy) is 3. The van der Waals surface area contributed by atoms with Crippen LogP contribution in [-0.2, 0) is 21.0 Å². The van der Waals surface area contributed by atoms with Crippen molar-refractivity contribution in [2.24, 2.45) is 5.16 Å². The van der Waals surface area contributed by atoms with Gasteiger partial charge in [-0.3, -0.25) is 0 Å². The molecule has 0 atom stereocenters. The number of aliphatic carboxylic acids is 1. The lowest BCUT2D eigenvalue weighted by Gasteiger charge is -2.20. The Hall–Kier alpha value is -3.34. The second kappa shape index (κ2) is 8.06. The Morgan fingerprint density at radius 2 is 1.90 bits per heavy atom. The number of fused-ring (bicyclic) bond motifs is 1. The van der Waals surface area contributed by atoms with E-state index in [0.717, 1.165) is 11.3 Å². The van der Waals surface area contributed by atoms with Crippen molar-refractivity contribution in [3.05, 3.63) is 34.3 Å². The number of rotatable bonds is 6. The third-order valence-electron chi connectivity index (χ3n) is 3.84. The fraction of sp³-hybridized carbons (Fsp3) is 0.400. The number of anilines is 1. The van der Waals surface area contributed by atoms with Crippen molar-refractivity contribution in [1.29, 1.82) is 0 Å². The lowest BCUT2D eigenvalue weighted by molar-refractivity contribution is -0.129. The minimum Gasteiger partial charge on any atom is -0.476 e.